The summed E-state index contributed by atoms with van der Waals surface area (Å²) >= 11 is 0. The zero-order chi connectivity index (χ0) is 22.3. The SMILES string of the molecule is CCCC(CCC)n1ccc2c(C)nc3c(-c4cnc(N(C)C)cc4C)c(C)nn3c21. The van der Waals surface area contributed by atoms with E-state index >= 15 is 0 Å². The van der Waals surface area contributed by atoms with Crippen LogP contribution in [0.3, 0.4) is 0 Å². The highest BCUT2D eigenvalue weighted by Gasteiger charge is 2.22. The third kappa shape index (κ3) is 3.58. The number of nitrogens with zero attached hydrogens (tertiary/aromatic N) is 6. The van der Waals surface area contributed by atoms with Crippen molar-refractivity contribution in [1.29, 1.82) is 0 Å². The molecule has 0 saturated carbocycles. The van der Waals surface area contributed by atoms with Crippen molar-refractivity contribution >= 4 is 22.5 Å². The molecule has 0 bridgehead atoms. The Morgan fingerprint density at radius 2 is 1.74 bits per heavy atom. The minimum atomic E-state index is 0.480. The fourth-order valence-electron chi connectivity index (χ4n) is 4.68. The topological polar surface area (TPSA) is 51.2 Å². The van der Waals surface area contributed by atoms with Crippen LogP contribution in [0.1, 0.15) is 62.5 Å². The van der Waals surface area contributed by atoms with Crippen LogP contribution in [0.25, 0.3) is 27.8 Å². The molecule has 0 atom stereocenters. The molecule has 0 unspecified atom stereocenters. The van der Waals surface area contributed by atoms with Crippen molar-refractivity contribution in [3.8, 4) is 11.1 Å². The first-order valence-electron chi connectivity index (χ1n) is 11.4. The lowest BCUT2D eigenvalue weighted by Crippen LogP contribution is -2.11. The van der Waals surface area contributed by atoms with Crippen LogP contribution in [0.15, 0.2) is 24.5 Å². The molecule has 0 aliphatic rings. The molecule has 0 aliphatic heterocycles. The van der Waals surface area contributed by atoms with E-state index in [0.29, 0.717) is 6.04 Å². The van der Waals surface area contributed by atoms with Crippen LogP contribution in [-0.4, -0.2) is 38.2 Å². The van der Waals surface area contributed by atoms with E-state index in [-0.39, 0.29) is 0 Å². The molecule has 0 amide bonds. The molecule has 0 N–H and O–H groups in total. The molecule has 164 valence electrons. The van der Waals surface area contributed by atoms with Crippen molar-refractivity contribution < 1.29 is 0 Å². The predicted molar refractivity (Wildman–Crippen MR) is 129 cm³/mol. The second-order valence-corrected chi connectivity index (χ2v) is 8.84. The standard InChI is InChI=1S/C25H34N6/c1-8-10-19(11-9-2)30-13-12-20-17(4)27-24-23(18(5)28-31(24)25(20)30)21-15-26-22(29(6)7)14-16(21)3/h12-15,19H,8-11H2,1-7H3. The van der Waals surface area contributed by atoms with Crippen LogP contribution >= 0.6 is 0 Å². The van der Waals surface area contributed by atoms with Crippen LogP contribution in [0.4, 0.5) is 5.82 Å². The summed E-state index contributed by atoms with van der Waals surface area (Å²) in [5, 5.41) is 6.17. The molecule has 0 fully saturated rings. The summed E-state index contributed by atoms with van der Waals surface area (Å²) in [6.45, 7) is 10.8. The maximum atomic E-state index is 5.01. The Labute approximate surface area is 184 Å². The molecule has 0 radical (unpaired) electrons. The van der Waals surface area contributed by atoms with E-state index in [1.165, 1.54) is 36.6 Å². The van der Waals surface area contributed by atoms with Gasteiger partial charge in [0, 0.05) is 43.5 Å². The summed E-state index contributed by atoms with van der Waals surface area (Å²) in [4.78, 5) is 11.7. The monoisotopic (exact) mass is 418 g/mol. The molecule has 4 heterocycles. The van der Waals surface area contributed by atoms with E-state index in [1.807, 2.05) is 25.2 Å². The molecule has 4 aromatic heterocycles. The molecule has 0 aliphatic carbocycles. The summed E-state index contributed by atoms with van der Waals surface area (Å²) in [6, 6.07) is 4.81. The van der Waals surface area contributed by atoms with Gasteiger partial charge < -0.3 is 9.47 Å². The highest BCUT2D eigenvalue weighted by atomic mass is 15.3. The number of hydrogen-bond acceptors (Lipinski definition) is 4. The largest absolute Gasteiger partial charge is 0.363 e. The molecule has 0 saturated heterocycles. The van der Waals surface area contributed by atoms with Gasteiger partial charge in [-0.2, -0.15) is 9.61 Å². The average molecular weight is 419 g/mol. The highest BCUT2D eigenvalue weighted by molar-refractivity contribution is 5.88. The van der Waals surface area contributed by atoms with Crippen LogP contribution in [0.2, 0.25) is 0 Å². The first kappa shape index (κ1) is 21.3. The quantitative estimate of drug-likeness (QED) is 0.376. The third-order valence-electron chi connectivity index (χ3n) is 6.25. The van der Waals surface area contributed by atoms with Gasteiger partial charge in [-0.05, 0) is 51.3 Å². The Kier molecular flexibility index (Phi) is 5.73. The predicted octanol–water partition coefficient (Wildman–Crippen LogP) is 5.88. The van der Waals surface area contributed by atoms with Gasteiger partial charge in [0.25, 0.3) is 0 Å². The number of pyridine rings is 1. The molecule has 0 aromatic carbocycles. The zero-order valence-electron chi connectivity index (χ0n) is 19.9. The van der Waals surface area contributed by atoms with E-state index in [9.17, 15) is 0 Å². The summed E-state index contributed by atoms with van der Waals surface area (Å²) in [6.07, 6.45) is 8.87. The molecule has 4 rings (SSSR count). The van der Waals surface area contributed by atoms with Crippen LogP contribution < -0.4 is 4.90 Å². The van der Waals surface area contributed by atoms with Gasteiger partial charge in [-0.3, -0.25) is 0 Å². The van der Waals surface area contributed by atoms with E-state index in [2.05, 4.69) is 67.0 Å². The third-order valence-corrected chi connectivity index (χ3v) is 6.25. The van der Waals surface area contributed by atoms with Gasteiger partial charge in [-0.25, -0.2) is 9.97 Å². The molecule has 4 aromatic rings. The Hall–Kier alpha value is -2.89. The van der Waals surface area contributed by atoms with Crippen molar-refractivity contribution in [2.75, 3.05) is 19.0 Å². The van der Waals surface area contributed by atoms with Gasteiger partial charge in [-0.15, -0.1) is 0 Å². The number of rotatable bonds is 7. The Balaban J connectivity index is 1.99. The number of anilines is 1. The summed E-state index contributed by atoms with van der Waals surface area (Å²) < 4.78 is 4.49. The van der Waals surface area contributed by atoms with E-state index in [1.54, 1.807) is 0 Å². The number of aromatic nitrogens is 5. The Bertz CT molecular complexity index is 1220. The summed E-state index contributed by atoms with van der Waals surface area (Å²) in [5.41, 5.74) is 7.45. The fourth-order valence-corrected chi connectivity index (χ4v) is 4.68. The molecular formula is C25H34N6. The molecule has 6 heteroatoms. The van der Waals surface area contributed by atoms with Gasteiger partial charge in [0.05, 0.1) is 17.0 Å². The van der Waals surface area contributed by atoms with Crippen molar-refractivity contribution in [1.82, 2.24) is 24.1 Å². The lowest BCUT2D eigenvalue weighted by Gasteiger charge is -2.19. The van der Waals surface area contributed by atoms with Crippen LogP contribution in [-0.2, 0) is 0 Å². The molecule has 6 nitrogen and oxygen atoms in total. The van der Waals surface area contributed by atoms with E-state index < -0.39 is 0 Å². The Morgan fingerprint density at radius 3 is 2.35 bits per heavy atom. The van der Waals surface area contributed by atoms with Crippen molar-refractivity contribution in [3.05, 3.63) is 41.5 Å². The first-order valence-corrected chi connectivity index (χ1v) is 11.4. The van der Waals surface area contributed by atoms with Crippen molar-refractivity contribution in [2.24, 2.45) is 0 Å². The van der Waals surface area contributed by atoms with Gasteiger partial charge in [-0.1, -0.05) is 26.7 Å². The van der Waals surface area contributed by atoms with E-state index in [0.717, 1.165) is 39.6 Å². The molecular weight excluding hydrogens is 384 g/mol. The van der Waals surface area contributed by atoms with Crippen LogP contribution in [0.5, 0.6) is 0 Å². The lowest BCUT2D eigenvalue weighted by atomic mass is 10.0. The molecule has 0 spiro atoms. The van der Waals surface area contributed by atoms with Gasteiger partial charge in [0.1, 0.15) is 11.5 Å². The number of aryl methyl sites for hydroxylation is 3. The number of fused-ring (bicyclic) bond motifs is 3. The minimum absolute atomic E-state index is 0.480. The van der Waals surface area contributed by atoms with Gasteiger partial charge in [0.2, 0.25) is 0 Å². The Morgan fingerprint density at radius 1 is 1.03 bits per heavy atom. The zero-order valence-corrected chi connectivity index (χ0v) is 19.9. The van der Waals surface area contributed by atoms with Gasteiger partial charge in [0.15, 0.2) is 5.65 Å². The highest BCUT2D eigenvalue weighted by Crippen LogP contribution is 2.34. The maximum absolute atomic E-state index is 5.01. The van der Waals surface area contributed by atoms with Crippen LogP contribution in [0, 0.1) is 20.8 Å². The fraction of sp³-hybridized carbons (Fsp3) is 0.480. The summed E-state index contributed by atoms with van der Waals surface area (Å²) in [7, 11) is 4.03. The van der Waals surface area contributed by atoms with Gasteiger partial charge >= 0.3 is 0 Å². The lowest BCUT2D eigenvalue weighted by molar-refractivity contribution is 0.434. The first-order chi connectivity index (χ1) is 14.9. The van der Waals surface area contributed by atoms with Crippen molar-refractivity contribution in [2.45, 2.75) is 66.3 Å². The second-order valence-electron chi connectivity index (χ2n) is 8.84. The second kappa shape index (κ2) is 8.33. The van der Waals surface area contributed by atoms with Crippen molar-refractivity contribution in [3.63, 3.8) is 0 Å². The number of hydrogen-bond donors (Lipinski definition) is 0. The molecule has 31 heavy (non-hydrogen) atoms. The smallest absolute Gasteiger partial charge is 0.165 e. The normalized spacial score (nSPS) is 11.9. The van der Waals surface area contributed by atoms with E-state index in [4.69, 9.17) is 10.1 Å². The maximum Gasteiger partial charge on any atom is 0.165 e. The average Bonchev–Trinajstić information content (AvgIpc) is 3.30. The summed E-state index contributed by atoms with van der Waals surface area (Å²) in [5.74, 6) is 0.956. The minimum Gasteiger partial charge on any atom is -0.363 e.